The normalized spacial score (nSPS) is 18.1. The summed E-state index contributed by atoms with van der Waals surface area (Å²) in [5.41, 5.74) is 1.92. The molecule has 2 aliphatic rings. The van der Waals surface area contributed by atoms with Crippen LogP contribution in [0.3, 0.4) is 0 Å². The zero-order chi connectivity index (χ0) is 25.5. The third-order valence-electron chi connectivity index (χ3n) is 6.84. The Labute approximate surface area is 212 Å². The van der Waals surface area contributed by atoms with Crippen LogP contribution in [0.2, 0.25) is 0 Å². The van der Waals surface area contributed by atoms with Crippen LogP contribution in [0.4, 0.5) is 4.79 Å². The van der Waals surface area contributed by atoms with E-state index in [0.29, 0.717) is 49.8 Å². The van der Waals surface area contributed by atoms with Crippen LogP contribution in [-0.2, 0) is 22.7 Å². The van der Waals surface area contributed by atoms with Gasteiger partial charge in [-0.15, -0.1) is 0 Å². The van der Waals surface area contributed by atoms with Gasteiger partial charge in [-0.05, 0) is 24.5 Å². The second-order valence-electron chi connectivity index (χ2n) is 8.99. The summed E-state index contributed by atoms with van der Waals surface area (Å²) >= 11 is 0. The van der Waals surface area contributed by atoms with Crippen LogP contribution >= 0.6 is 0 Å². The first kappa shape index (κ1) is 25.6. The van der Waals surface area contributed by atoms with Crippen molar-refractivity contribution in [3.8, 4) is 17.2 Å². The van der Waals surface area contributed by atoms with Gasteiger partial charge in [0.2, 0.25) is 11.7 Å². The fraction of sp³-hybridized carbons (Fsp3) is 0.481. The average Bonchev–Trinajstić information content (AvgIpc) is 3.42. The van der Waals surface area contributed by atoms with Crippen LogP contribution in [0.25, 0.3) is 0 Å². The van der Waals surface area contributed by atoms with Gasteiger partial charge in [0.25, 0.3) is 0 Å². The molecule has 2 fully saturated rings. The van der Waals surface area contributed by atoms with Crippen LogP contribution in [0.15, 0.2) is 42.5 Å². The van der Waals surface area contributed by atoms with Gasteiger partial charge in [-0.25, -0.2) is 4.79 Å². The molecule has 0 saturated carbocycles. The predicted octanol–water partition coefficient (Wildman–Crippen LogP) is 3.16. The molecule has 36 heavy (non-hydrogen) atoms. The lowest BCUT2D eigenvalue weighted by Crippen LogP contribution is -2.54. The third kappa shape index (κ3) is 5.67. The molecule has 1 atom stereocenters. The van der Waals surface area contributed by atoms with E-state index in [1.807, 2.05) is 47.4 Å². The molecular weight excluding hydrogens is 462 g/mol. The number of hydrogen-bond donors (Lipinski definition) is 0. The molecule has 2 aliphatic heterocycles. The van der Waals surface area contributed by atoms with Crippen molar-refractivity contribution in [3.63, 3.8) is 0 Å². The van der Waals surface area contributed by atoms with E-state index in [1.54, 1.807) is 26.2 Å². The number of carbonyl (C=O) groups is 2. The molecule has 0 unspecified atom stereocenters. The molecule has 0 aromatic heterocycles. The van der Waals surface area contributed by atoms with E-state index in [9.17, 15) is 9.59 Å². The smallest absolute Gasteiger partial charge is 0.410 e. The van der Waals surface area contributed by atoms with Crippen molar-refractivity contribution in [2.45, 2.75) is 32.0 Å². The van der Waals surface area contributed by atoms with Crippen LogP contribution in [0.1, 0.15) is 24.0 Å². The van der Waals surface area contributed by atoms with Crippen LogP contribution in [0.5, 0.6) is 17.2 Å². The number of piperazine rings is 1. The molecule has 0 radical (unpaired) electrons. The van der Waals surface area contributed by atoms with Crippen molar-refractivity contribution in [2.75, 3.05) is 54.1 Å². The van der Waals surface area contributed by atoms with Gasteiger partial charge < -0.3 is 23.8 Å². The maximum Gasteiger partial charge on any atom is 0.410 e. The molecule has 194 valence electrons. The fourth-order valence-corrected chi connectivity index (χ4v) is 4.91. The molecule has 0 N–H and O–H groups in total. The zero-order valence-corrected chi connectivity index (χ0v) is 21.3. The van der Waals surface area contributed by atoms with Gasteiger partial charge in [0.15, 0.2) is 11.5 Å². The highest BCUT2D eigenvalue weighted by Gasteiger charge is 2.38. The fourth-order valence-electron chi connectivity index (χ4n) is 4.91. The molecule has 0 aliphatic carbocycles. The van der Waals surface area contributed by atoms with Crippen molar-refractivity contribution >= 4 is 12.0 Å². The topological polar surface area (TPSA) is 80.8 Å². The van der Waals surface area contributed by atoms with Crippen molar-refractivity contribution in [3.05, 3.63) is 53.6 Å². The van der Waals surface area contributed by atoms with Crippen LogP contribution in [-0.4, -0.2) is 86.8 Å². The second-order valence-corrected chi connectivity index (χ2v) is 8.99. The SMILES string of the molecule is COc1ccc(CN2CCN(C(=O)[C@H]3CCCN3C(=O)OCc3ccccc3)CC2)c(OC)c1OC. The van der Waals surface area contributed by atoms with Gasteiger partial charge in [0.05, 0.1) is 21.3 Å². The van der Waals surface area contributed by atoms with Gasteiger partial charge in [-0.1, -0.05) is 36.4 Å². The molecule has 2 amide bonds. The van der Waals surface area contributed by atoms with Gasteiger partial charge in [0, 0.05) is 44.8 Å². The number of methoxy groups -OCH3 is 3. The lowest BCUT2D eigenvalue weighted by Gasteiger charge is -2.37. The van der Waals surface area contributed by atoms with Crippen molar-refractivity contribution < 1.29 is 28.5 Å². The number of nitrogens with zero attached hydrogens (tertiary/aromatic N) is 3. The van der Waals surface area contributed by atoms with Crippen molar-refractivity contribution in [2.24, 2.45) is 0 Å². The monoisotopic (exact) mass is 497 g/mol. The Morgan fingerprint density at radius 3 is 2.25 bits per heavy atom. The summed E-state index contributed by atoms with van der Waals surface area (Å²) in [7, 11) is 4.82. The third-order valence-corrected chi connectivity index (χ3v) is 6.84. The summed E-state index contributed by atoms with van der Waals surface area (Å²) in [4.78, 5) is 31.8. The van der Waals surface area contributed by atoms with E-state index >= 15 is 0 Å². The summed E-state index contributed by atoms with van der Waals surface area (Å²) in [6.07, 6.45) is 1.05. The summed E-state index contributed by atoms with van der Waals surface area (Å²) in [6.45, 7) is 4.10. The van der Waals surface area contributed by atoms with E-state index in [4.69, 9.17) is 18.9 Å². The van der Waals surface area contributed by atoms with E-state index in [1.165, 1.54) is 0 Å². The first-order valence-electron chi connectivity index (χ1n) is 12.3. The van der Waals surface area contributed by atoms with Crippen molar-refractivity contribution in [1.82, 2.24) is 14.7 Å². The maximum atomic E-state index is 13.3. The van der Waals surface area contributed by atoms with Crippen molar-refractivity contribution in [1.29, 1.82) is 0 Å². The standard InChI is InChI=1S/C27H35N3O6/c1-33-23-12-11-21(24(34-2)25(23)35-3)18-28-14-16-29(17-15-28)26(31)22-10-7-13-30(22)27(32)36-19-20-8-5-4-6-9-20/h4-6,8-9,11-12,22H,7,10,13-19H2,1-3H3/t22-/m1/s1. The first-order chi connectivity index (χ1) is 17.5. The van der Waals surface area contributed by atoms with E-state index in [2.05, 4.69) is 4.90 Å². The summed E-state index contributed by atoms with van der Waals surface area (Å²) in [5, 5.41) is 0. The number of likely N-dealkylation sites (tertiary alicyclic amines) is 1. The highest BCUT2D eigenvalue weighted by atomic mass is 16.6. The number of amides is 2. The molecule has 9 nitrogen and oxygen atoms in total. The second kappa shape index (κ2) is 12.0. The lowest BCUT2D eigenvalue weighted by atomic mass is 10.1. The largest absolute Gasteiger partial charge is 0.493 e. The Bertz CT molecular complexity index is 1040. The van der Waals surface area contributed by atoms with E-state index < -0.39 is 12.1 Å². The number of benzene rings is 2. The zero-order valence-electron chi connectivity index (χ0n) is 21.3. The quantitative estimate of drug-likeness (QED) is 0.554. The molecule has 0 spiro atoms. The Morgan fingerprint density at radius 1 is 0.861 bits per heavy atom. The first-order valence-corrected chi connectivity index (χ1v) is 12.3. The number of carbonyl (C=O) groups excluding carboxylic acids is 2. The molecule has 9 heteroatoms. The van der Waals surface area contributed by atoms with E-state index in [-0.39, 0.29) is 12.5 Å². The van der Waals surface area contributed by atoms with Gasteiger partial charge >= 0.3 is 6.09 Å². The molecular formula is C27H35N3O6. The number of rotatable bonds is 8. The minimum atomic E-state index is -0.453. The number of ether oxygens (including phenoxy) is 4. The van der Waals surface area contributed by atoms with Crippen LogP contribution in [0, 0.1) is 0 Å². The lowest BCUT2D eigenvalue weighted by molar-refractivity contribution is -0.137. The molecule has 2 aromatic rings. The Morgan fingerprint density at radius 2 is 1.58 bits per heavy atom. The molecule has 0 bridgehead atoms. The highest BCUT2D eigenvalue weighted by molar-refractivity contribution is 5.86. The minimum Gasteiger partial charge on any atom is -0.493 e. The minimum absolute atomic E-state index is 0.00695. The van der Waals surface area contributed by atoms with Gasteiger partial charge in [-0.3, -0.25) is 14.6 Å². The maximum absolute atomic E-state index is 13.3. The molecule has 4 rings (SSSR count). The molecule has 2 heterocycles. The van der Waals surface area contributed by atoms with E-state index in [0.717, 1.165) is 30.6 Å². The van der Waals surface area contributed by atoms with Crippen LogP contribution < -0.4 is 14.2 Å². The van der Waals surface area contributed by atoms with Gasteiger partial charge in [0.1, 0.15) is 12.6 Å². The molecule has 2 saturated heterocycles. The number of hydrogen-bond acceptors (Lipinski definition) is 7. The summed E-state index contributed by atoms with van der Waals surface area (Å²) in [6, 6.07) is 13.0. The average molecular weight is 498 g/mol. The molecule has 2 aromatic carbocycles. The predicted molar refractivity (Wildman–Crippen MR) is 134 cm³/mol. The Hall–Kier alpha value is -3.46. The highest BCUT2D eigenvalue weighted by Crippen LogP contribution is 2.40. The Balaban J connectivity index is 1.32. The summed E-state index contributed by atoms with van der Waals surface area (Å²) in [5.74, 6) is 1.86. The summed E-state index contributed by atoms with van der Waals surface area (Å²) < 4.78 is 22.0. The Kier molecular flexibility index (Phi) is 8.53. The van der Waals surface area contributed by atoms with Gasteiger partial charge in [-0.2, -0.15) is 0 Å².